The molecular weight excluding hydrogens is 511 g/mol. The second kappa shape index (κ2) is 11.5. The van der Waals surface area contributed by atoms with E-state index in [1.54, 1.807) is 0 Å². The van der Waals surface area contributed by atoms with Gasteiger partial charge in [0.25, 0.3) is 11.1 Å². The first-order valence-electron chi connectivity index (χ1n) is 10.4. The molecule has 17 nitrogen and oxygen atoms in total. The highest BCUT2D eigenvalue weighted by Gasteiger charge is 2.37. The fourth-order valence-electron chi connectivity index (χ4n) is 3.51. The van der Waals surface area contributed by atoms with Crippen LogP contribution < -0.4 is 22.5 Å². The van der Waals surface area contributed by atoms with Crippen LogP contribution in [-0.4, -0.2) is 81.8 Å². The van der Waals surface area contributed by atoms with Crippen LogP contribution in [0, 0.1) is 0 Å². The van der Waals surface area contributed by atoms with Gasteiger partial charge in [-0.2, -0.15) is 0 Å². The highest BCUT2D eigenvalue weighted by molar-refractivity contribution is 7.51. The van der Waals surface area contributed by atoms with Gasteiger partial charge in [-0.1, -0.05) is 0 Å². The van der Waals surface area contributed by atoms with Gasteiger partial charge in [0.2, 0.25) is 0 Å². The third kappa shape index (κ3) is 7.16. The van der Waals surface area contributed by atoms with Crippen LogP contribution in [-0.2, 0) is 18.8 Å². The van der Waals surface area contributed by atoms with E-state index in [0.717, 1.165) is 21.4 Å². The molecule has 36 heavy (non-hydrogen) atoms. The van der Waals surface area contributed by atoms with Crippen LogP contribution in [0.25, 0.3) is 0 Å². The Morgan fingerprint density at radius 1 is 0.917 bits per heavy atom. The summed E-state index contributed by atoms with van der Waals surface area (Å²) in [7, 11) is -4.35. The van der Waals surface area contributed by atoms with Crippen LogP contribution >= 0.6 is 7.60 Å². The number of aromatic amines is 2. The maximum atomic E-state index is 11.5. The average Bonchev–Trinajstić information content (AvgIpc) is 3.34. The molecule has 4 rings (SSSR count). The maximum absolute atomic E-state index is 11.5. The second-order valence-corrected chi connectivity index (χ2v) is 9.48. The van der Waals surface area contributed by atoms with E-state index in [2.05, 4.69) is 4.98 Å². The molecule has 0 radical (unpaired) electrons. The van der Waals surface area contributed by atoms with Crippen LogP contribution in [0.1, 0.15) is 25.3 Å². The third-order valence-electron chi connectivity index (χ3n) is 5.10. The van der Waals surface area contributed by atoms with Crippen molar-refractivity contribution in [2.24, 2.45) is 0 Å². The molecule has 0 amide bonds. The first-order valence-corrected chi connectivity index (χ1v) is 12.2. The van der Waals surface area contributed by atoms with Gasteiger partial charge in [-0.3, -0.25) is 33.3 Å². The molecule has 200 valence electrons. The van der Waals surface area contributed by atoms with Gasteiger partial charge in [-0.05, 0) is 0 Å². The summed E-state index contributed by atoms with van der Waals surface area (Å²) in [5.74, 6) is 0. The summed E-state index contributed by atoms with van der Waals surface area (Å²) >= 11 is 0. The van der Waals surface area contributed by atoms with E-state index < -0.39 is 73.5 Å². The number of hydrogen-bond donors (Lipinski definition) is 7. The van der Waals surface area contributed by atoms with Gasteiger partial charge in [-0.25, -0.2) is 9.59 Å². The quantitative estimate of drug-likeness (QED) is 0.177. The fraction of sp³-hybridized carbons (Fsp3) is 0.556. The van der Waals surface area contributed by atoms with Crippen molar-refractivity contribution in [2.75, 3.05) is 13.0 Å². The number of aromatic nitrogens is 4. The Kier molecular flexibility index (Phi) is 8.93. The molecule has 0 unspecified atom stereocenters. The molecule has 2 aliphatic heterocycles. The van der Waals surface area contributed by atoms with E-state index in [1.807, 2.05) is 4.98 Å². The molecule has 2 saturated heterocycles. The number of hydrogen-bond acceptors (Lipinski definition) is 11. The third-order valence-corrected chi connectivity index (χ3v) is 5.59. The lowest BCUT2D eigenvalue weighted by molar-refractivity contribution is -0.147. The SMILES string of the molecule is O=c1ccn([C@@H]2O[C@H](CO)C[C@@H]2O)c(=O)[nH]1.O=c1ccn([C@@H]2O[C@H](OCP(=O)(O)O)C[C@@H]2O)c(=O)[nH]1. The average molecular weight is 536 g/mol. The minimum atomic E-state index is -4.35. The van der Waals surface area contributed by atoms with E-state index in [1.165, 1.54) is 12.3 Å². The first kappa shape index (κ1) is 27.9. The van der Waals surface area contributed by atoms with Gasteiger partial charge in [0.1, 0.15) is 12.2 Å². The molecule has 4 heterocycles. The molecule has 0 aliphatic carbocycles. The minimum absolute atomic E-state index is 0.0593. The Balaban J connectivity index is 0.000000205. The zero-order valence-electron chi connectivity index (χ0n) is 18.4. The summed E-state index contributed by atoms with van der Waals surface area (Å²) < 4.78 is 28.0. The van der Waals surface area contributed by atoms with Crippen LogP contribution in [0.2, 0.25) is 0 Å². The maximum Gasteiger partial charge on any atom is 0.351 e. The van der Waals surface area contributed by atoms with Crippen molar-refractivity contribution in [3.8, 4) is 0 Å². The number of aliphatic hydroxyl groups is 3. The molecular formula is C18H25N4O13P. The molecule has 2 fully saturated rings. The summed E-state index contributed by atoms with van der Waals surface area (Å²) in [5.41, 5.74) is -2.51. The lowest BCUT2D eigenvalue weighted by atomic mass is 10.2. The molecule has 6 atom stereocenters. The van der Waals surface area contributed by atoms with E-state index in [0.29, 0.717) is 0 Å². The highest BCUT2D eigenvalue weighted by atomic mass is 31.2. The van der Waals surface area contributed by atoms with Gasteiger partial charge in [0.05, 0.1) is 12.7 Å². The van der Waals surface area contributed by atoms with Gasteiger partial charge in [0.15, 0.2) is 25.1 Å². The van der Waals surface area contributed by atoms with Crippen LogP contribution in [0.4, 0.5) is 0 Å². The van der Waals surface area contributed by atoms with Crippen molar-refractivity contribution in [1.29, 1.82) is 0 Å². The zero-order chi connectivity index (χ0) is 26.6. The second-order valence-electron chi connectivity index (χ2n) is 7.89. The van der Waals surface area contributed by atoms with Gasteiger partial charge < -0.3 is 39.3 Å². The van der Waals surface area contributed by atoms with Crippen molar-refractivity contribution < 1.29 is 43.9 Å². The molecule has 2 aliphatic rings. The summed E-state index contributed by atoms with van der Waals surface area (Å²) in [5, 5.41) is 28.3. The van der Waals surface area contributed by atoms with Crippen LogP contribution in [0.15, 0.2) is 43.7 Å². The van der Waals surface area contributed by atoms with E-state index in [-0.39, 0.29) is 19.4 Å². The molecule has 0 saturated carbocycles. The predicted molar refractivity (Wildman–Crippen MR) is 117 cm³/mol. The van der Waals surface area contributed by atoms with E-state index in [9.17, 15) is 34.0 Å². The van der Waals surface area contributed by atoms with Crippen LogP contribution in [0.5, 0.6) is 0 Å². The predicted octanol–water partition coefficient (Wildman–Crippen LogP) is -3.53. The number of nitrogens with zero attached hydrogens (tertiary/aromatic N) is 2. The lowest BCUT2D eigenvalue weighted by Gasteiger charge is -2.17. The Hall–Kier alpha value is -2.73. The highest BCUT2D eigenvalue weighted by Crippen LogP contribution is 2.37. The number of ether oxygens (including phenoxy) is 3. The Morgan fingerprint density at radius 3 is 1.86 bits per heavy atom. The number of nitrogens with one attached hydrogen (secondary N) is 2. The molecule has 2 aromatic rings. The Labute approximate surface area is 200 Å². The van der Waals surface area contributed by atoms with E-state index >= 15 is 0 Å². The van der Waals surface area contributed by atoms with Crippen LogP contribution in [0.3, 0.4) is 0 Å². The Bertz CT molecular complexity index is 1310. The molecule has 0 bridgehead atoms. The summed E-state index contributed by atoms with van der Waals surface area (Å²) in [6.07, 6.45) is -3.72. The molecule has 0 aromatic carbocycles. The zero-order valence-corrected chi connectivity index (χ0v) is 19.3. The monoisotopic (exact) mass is 536 g/mol. The van der Waals surface area contributed by atoms with Gasteiger partial charge in [0, 0.05) is 37.4 Å². The number of H-pyrrole nitrogens is 2. The first-order chi connectivity index (χ1) is 16.9. The molecule has 0 spiro atoms. The summed E-state index contributed by atoms with van der Waals surface area (Å²) in [4.78, 5) is 66.2. The van der Waals surface area contributed by atoms with Crippen molar-refractivity contribution in [3.63, 3.8) is 0 Å². The largest absolute Gasteiger partial charge is 0.394 e. The van der Waals surface area contributed by atoms with Crippen molar-refractivity contribution >= 4 is 7.60 Å². The topological polar surface area (TPSA) is 256 Å². The van der Waals surface area contributed by atoms with Gasteiger partial charge in [-0.15, -0.1) is 0 Å². The molecule has 2 aromatic heterocycles. The van der Waals surface area contributed by atoms with Gasteiger partial charge >= 0.3 is 19.0 Å². The minimum Gasteiger partial charge on any atom is -0.394 e. The number of rotatable bonds is 6. The smallest absolute Gasteiger partial charge is 0.351 e. The summed E-state index contributed by atoms with van der Waals surface area (Å²) in [6, 6.07) is 2.26. The molecule has 18 heteroatoms. The van der Waals surface area contributed by atoms with E-state index in [4.69, 9.17) is 29.1 Å². The van der Waals surface area contributed by atoms with Crippen molar-refractivity contribution in [3.05, 3.63) is 66.2 Å². The standard InChI is InChI=1S/C9H13N2O8P.C9H12N2O5/c12-5-3-7(18-4-20(15,16)17)19-8(5)11-2-1-6(13)10-9(11)14;12-4-5-3-6(13)8(16-5)11-2-1-7(14)10-9(11)15/h1-2,5,7-8,12H,3-4H2,(H,10,13,14)(H2,15,16,17);1-2,5-6,8,12-13H,3-4H2,(H,10,14,15)/t5-,7-,8+;5-,6-,8+/m00/s1. The lowest BCUT2D eigenvalue weighted by Crippen LogP contribution is -2.34. The summed E-state index contributed by atoms with van der Waals surface area (Å²) in [6.45, 7) is -0.217. The van der Waals surface area contributed by atoms with Crippen molar-refractivity contribution in [2.45, 2.75) is 49.9 Å². The van der Waals surface area contributed by atoms with Crippen molar-refractivity contribution in [1.82, 2.24) is 19.1 Å². The molecule has 7 N–H and O–H groups in total. The number of aliphatic hydroxyl groups excluding tert-OH is 3. The normalized spacial score (nSPS) is 28.0. The fourth-order valence-corrected chi connectivity index (χ4v) is 3.87. The Morgan fingerprint density at radius 2 is 1.42 bits per heavy atom.